The van der Waals surface area contributed by atoms with E-state index in [1.165, 1.54) is 66.8 Å². The summed E-state index contributed by atoms with van der Waals surface area (Å²) in [6.45, 7) is 4.73. The Kier molecular flexibility index (Phi) is 7.52. The van der Waals surface area contributed by atoms with Crippen molar-refractivity contribution in [3.05, 3.63) is 246 Å². The second-order valence-corrected chi connectivity index (χ2v) is 16.8. The van der Waals surface area contributed by atoms with Crippen LogP contribution in [0.2, 0.25) is 0 Å². The van der Waals surface area contributed by atoms with Crippen molar-refractivity contribution in [3.63, 3.8) is 0 Å². The molecule has 284 valence electrons. The van der Waals surface area contributed by atoms with Gasteiger partial charge in [-0.15, -0.1) is 0 Å². The Hall–Kier alpha value is -7.42. The van der Waals surface area contributed by atoms with Crippen molar-refractivity contribution in [2.75, 3.05) is 4.90 Å². The van der Waals surface area contributed by atoms with E-state index in [0.717, 1.165) is 39.7 Å². The van der Waals surface area contributed by atoms with Crippen LogP contribution in [0.1, 0.15) is 47.2 Å². The van der Waals surface area contributed by atoms with E-state index in [-0.39, 0.29) is 5.41 Å². The van der Waals surface area contributed by atoms with E-state index in [1.54, 1.807) is 0 Å². The van der Waals surface area contributed by atoms with Crippen LogP contribution in [0, 0.1) is 0 Å². The minimum atomic E-state index is -0.588. The highest BCUT2D eigenvalue weighted by Crippen LogP contribution is 2.63. The molecule has 1 spiro atoms. The minimum Gasteiger partial charge on any atom is -0.457 e. The molecule has 0 amide bonds. The molecule has 1 atom stereocenters. The van der Waals surface area contributed by atoms with E-state index in [1.807, 2.05) is 0 Å². The van der Waals surface area contributed by atoms with Crippen molar-refractivity contribution >= 4 is 17.1 Å². The van der Waals surface area contributed by atoms with Gasteiger partial charge in [0, 0.05) is 33.5 Å². The number of hydrogen-bond donors (Lipinski definition) is 0. The summed E-state index contributed by atoms with van der Waals surface area (Å²) >= 11 is 0. The zero-order valence-corrected chi connectivity index (χ0v) is 33.6. The molecule has 0 radical (unpaired) electrons. The first-order chi connectivity index (χ1) is 29.5. The lowest BCUT2D eigenvalue weighted by molar-refractivity contribution is 0.436. The SMILES string of the molecule is CC1(C)c2ccccc2-c2ccc(N(c3ccc4c(c3)-c3ccccc3C43c4ccccc4Oc4ccc(-c5ccccc5)cc43)c3ccccc3-c3ccccc3)cc21. The highest BCUT2D eigenvalue weighted by Gasteiger charge is 2.51. The molecule has 60 heavy (non-hydrogen) atoms. The van der Waals surface area contributed by atoms with Crippen molar-refractivity contribution in [1.82, 2.24) is 0 Å². The summed E-state index contributed by atoms with van der Waals surface area (Å²) in [7, 11) is 0. The number of hydrogen-bond acceptors (Lipinski definition) is 2. The molecule has 9 aromatic carbocycles. The van der Waals surface area contributed by atoms with E-state index in [2.05, 4.69) is 231 Å². The Morgan fingerprint density at radius 2 is 0.883 bits per heavy atom. The molecule has 0 saturated carbocycles. The smallest absolute Gasteiger partial charge is 0.132 e. The molecule has 9 aromatic rings. The molecule has 2 nitrogen and oxygen atoms in total. The van der Waals surface area contributed by atoms with Gasteiger partial charge in [0.2, 0.25) is 0 Å². The van der Waals surface area contributed by atoms with Gasteiger partial charge in [-0.1, -0.05) is 178 Å². The highest BCUT2D eigenvalue weighted by atomic mass is 16.5. The molecule has 0 aromatic heterocycles. The molecule has 0 saturated heterocycles. The molecule has 0 fully saturated rings. The van der Waals surface area contributed by atoms with Crippen LogP contribution in [0.5, 0.6) is 11.5 Å². The third-order valence-electron chi connectivity index (χ3n) is 13.3. The maximum atomic E-state index is 6.79. The Bertz CT molecular complexity index is 3160. The summed E-state index contributed by atoms with van der Waals surface area (Å²) in [6, 6.07) is 77.8. The molecule has 0 N–H and O–H groups in total. The number of benzene rings is 9. The number of ether oxygens (including phenoxy) is 1. The van der Waals surface area contributed by atoms with Crippen LogP contribution in [0.3, 0.4) is 0 Å². The van der Waals surface area contributed by atoms with E-state index < -0.39 is 5.41 Å². The first-order valence-electron chi connectivity index (χ1n) is 20.9. The average Bonchev–Trinajstić information content (AvgIpc) is 3.72. The van der Waals surface area contributed by atoms with Crippen LogP contribution in [0.25, 0.3) is 44.5 Å². The Morgan fingerprint density at radius 1 is 0.333 bits per heavy atom. The largest absolute Gasteiger partial charge is 0.457 e. The molecular formula is C58H41NO. The van der Waals surface area contributed by atoms with Gasteiger partial charge in [0.05, 0.1) is 11.1 Å². The van der Waals surface area contributed by atoms with Crippen molar-refractivity contribution in [2.24, 2.45) is 0 Å². The molecule has 2 heteroatoms. The molecule has 1 heterocycles. The number of para-hydroxylation sites is 2. The summed E-state index contributed by atoms with van der Waals surface area (Å²) in [5, 5.41) is 0. The highest BCUT2D eigenvalue weighted by molar-refractivity contribution is 5.95. The lowest BCUT2D eigenvalue weighted by atomic mass is 9.65. The van der Waals surface area contributed by atoms with Gasteiger partial charge < -0.3 is 9.64 Å². The van der Waals surface area contributed by atoms with Crippen molar-refractivity contribution in [3.8, 4) is 56.0 Å². The molecule has 1 aliphatic heterocycles. The van der Waals surface area contributed by atoms with Gasteiger partial charge >= 0.3 is 0 Å². The lowest BCUT2D eigenvalue weighted by Crippen LogP contribution is -2.32. The first kappa shape index (κ1) is 34.6. The second kappa shape index (κ2) is 13.0. The summed E-state index contributed by atoms with van der Waals surface area (Å²) in [5.41, 5.74) is 20.0. The van der Waals surface area contributed by atoms with Crippen molar-refractivity contribution < 1.29 is 4.74 Å². The predicted molar refractivity (Wildman–Crippen MR) is 247 cm³/mol. The van der Waals surface area contributed by atoms with E-state index >= 15 is 0 Å². The average molecular weight is 768 g/mol. The summed E-state index contributed by atoms with van der Waals surface area (Å²) in [5.74, 6) is 1.78. The number of anilines is 3. The zero-order valence-electron chi connectivity index (χ0n) is 33.6. The Labute approximate surface area is 351 Å². The second-order valence-electron chi connectivity index (χ2n) is 16.8. The van der Waals surface area contributed by atoms with Gasteiger partial charge in [0.15, 0.2) is 0 Å². The lowest BCUT2D eigenvalue weighted by Gasteiger charge is -2.39. The van der Waals surface area contributed by atoms with Crippen LogP contribution in [-0.4, -0.2) is 0 Å². The van der Waals surface area contributed by atoms with Gasteiger partial charge in [-0.25, -0.2) is 0 Å². The van der Waals surface area contributed by atoms with Crippen LogP contribution in [0.4, 0.5) is 17.1 Å². The fourth-order valence-electron chi connectivity index (χ4n) is 10.6. The third-order valence-corrected chi connectivity index (χ3v) is 13.3. The summed E-state index contributed by atoms with van der Waals surface area (Å²) in [6.07, 6.45) is 0. The summed E-state index contributed by atoms with van der Waals surface area (Å²) < 4.78 is 6.79. The van der Waals surface area contributed by atoms with Crippen LogP contribution >= 0.6 is 0 Å². The van der Waals surface area contributed by atoms with Gasteiger partial charge in [0.1, 0.15) is 11.5 Å². The van der Waals surface area contributed by atoms with Crippen LogP contribution < -0.4 is 9.64 Å². The maximum absolute atomic E-state index is 6.79. The van der Waals surface area contributed by atoms with Gasteiger partial charge in [-0.3, -0.25) is 0 Å². The van der Waals surface area contributed by atoms with E-state index in [0.29, 0.717) is 0 Å². The van der Waals surface area contributed by atoms with Gasteiger partial charge in [-0.2, -0.15) is 0 Å². The molecule has 12 rings (SSSR count). The fraction of sp³-hybridized carbons (Fsp3) is 0.0690. The molecular weight excluding hydrogens is 727 g/mol. The molecule has 0 bridgehead atoms. The normalized spacial score (nSPS) is 15.8. The van der Waals surface area contributed by atoms with Crippen molar-refractivity contribution in [1.29, 1.82) is 0 Å². The monoisotopic (exact) mass is 767 g/mol. The topological polar surface area (TPSA) is 12.5 Å². The summed E-state index contributed by atoms with van der Waals surface area (Å²) in [4.78, 5) is 2.48. The van der Waals surface area contributed by atoms with Crippen LogP contribution in [0.15, 0.2) is 212 Å². The minimum absolute atomic E-state index is 0.141. The quantitative estimate of drug-likeness (QED) is 0.173. The van der Waals surface area contributed by atoms with Gasteiger partial charge in [0.25, 0.3) is 0 Å². The zero-order chi connectivity index (χ0) is 40.0. The molecule has 3 aliphatic rings. The number of fused-ring (bicyclic) bond motifs is 12. The number of rotatable bonds is 5. The van der Waals surface area contributed by atoms with E-state index in [4.69, 9.17) is 4.74 Å². The van der Waals surface area contributed by atoms with Crippen LogP contribution in [-0.2, 0) is 10.8 Å². The third kappa shape index (κ3) is 4.88. The maximum Gasteiger partial charge on any atom is 0.132 e. The first-order valence-corrected chi connectivity index (χ1v) is 20.9. The fourth-order valence-corrected chi connectivity index (χ4v) is 10.6. The van der Waals surface area contributed by atoms with Crippen molar-refractivity contribution in [2.45, 2.75) is 24.7 Å². The standard InChI is InChI=1S/C58H41NO/c1-57(2)48-24-12-9-22-44(48)46-32-30-42(37-52(46)57)59(54-27-15-11-21-43(54)39-19-7-4-8-20-39)41-31-33-50-47(36-41)45-23-10-13-25-49(45)58(50)51-26-14-16-28-55(51)60-56-34-29-40(35-53(56)58)38-17-5-3-6-18-38/h3-37H,1-2H3. The van der Waals surface area contributed by atoms with E-state index in [9.17, 15) is 0 Å². The molecule has 1 unspecified atom stereocenters. The Balaban J connectivity index is 1.12. The predicted octanol–water partition coefficient (Wildman–Crippen LogP) is 15.3. The molecule has 2 aliphatic carbocycles. The Morgan fingerprint density at radius 3 is 1.67 bits per heavy atom. The number of nitrogens with zero attached hydrogens (tertiary/aromatic N) is 1. The van der Waals surface area contributed by atoms with Gasteiger partial charge in [-0.05, 0) is 110 Å².